The smallest absolute Gasteiger partial charge is 0.319 e. The topological polar surface area (TPSA) is 62.3 Å². The van der Waals surface area contributed by atoms with E-state index in [4.69, 9.17) is 11.6 Å². The Balaban J connectivity index is 2.20. The Labute approximate surface area is 169 Å². The number of amides is 2. The Hall–Kier alpha value is -2.89. The number of rotatable bonds is 5. The van der Waals surface area contributed by atoms with E-state index >= 15 is 0 Å². The predicted octanol–water partition coefficient (Wildman–Crippen LogP) is 4.78. The molecule has 0 saturated heterocycles. The van der Waals surface area contributed by atoms with Crippen LogP contribution in [-0.4, -0.2) is 41.9 Å². The molecule has 5 nitrogen and oxygen atoms in total. The van der Waals surface area contributed by atoms with Gasteiger partial charge in [0, 0.05) is 24.5 Å². The highest BCUT2D eigenvalue weighted by Crippen LogP contribution is 2.47. The van der Waals surface area contributed by atoms with Crippen molar-refractivity contribution in [1.29, 1.82) is 0 Å². The van der Waals surface area contributed by atoms with E-state index in [1.54, 1.807) is 0 Å². The Morgan fingerprint density at radius 2 is 1.57 bits per heavy atom. The van der Waals surface area contributed by atoms with Crippen LogP contribution >= 0.6 is 11.6 Å². The van der Waals surface area contributed by atoms with E-state index in [1.165, 1.54) is 18.3 Å². The van der Waals surface area contributed by atoms with Gasteiger partial charge < -0.3 is 10.2 Å². The number of carbonyl (C=O) groups excluding carboxylic acids is 2. The minimum Gasteiger partial charge on any atom is -0.319 e. The molecule has 13 heteroatoms. The van der Waals surface area contributed by atoms with Crippen LogP contribution in [0.3, 0.4) is 0 Å². The summed E-state index contributed by atoms with van der Waals surface area (Å²) in [5.74, 6) is -16.1. The first-order valence-electron chi connectivity index (χ1n) is 7.82. The first-order valence-corrected chi connectivity index (χ1v) is 8.20. The number of pyridine rings is 1. The molecule has 162 valence electrons. The van der Waals surface area contributed by atoms with Gasteiger partial charge in [0.2, 0.25) is 0 Å². The Morgan fingerprint density at radius 3 is 2.07 bits per heavy atom. The molecule has 0 fully saturated rings. The molecule has 1 N–H and O–H groups in total. The van der Waals surface area contributed by atoms with Crippen molar-refractivity contribution >= 4 is 34.8 Å². The monoisotopic (exact) mass is 457 g/mol. The number of carbonyl (C=O) groups is 2. The minimum atomic E-state index is -6.64. The summed E-state index contributed by atoms with van der Waals surface area (Å²) in [6.07, 6.45) is -5.26. The highest BCUT2D eigenvalue weighted by Gasteiger charge is 2.76. The molecule has 1 heterocycles. The number of alkyl halides is 7. The van der Waals surface area contributed by atoms with E-state index in [1.807, 2.05) is 0 Å². The Kier molecular flexibility index (Phi) is 6.31. The normalized spacial score (nSPS) is 12.4. The zero-order valence-corrected chi connectivity index (χ0v) is 15.5. The van der Waals surface area contributed by atoms with Gasteiger partial charge in [-0.2, -0.15) is 30.7 Å². The second-order valence-electron chi connectivity index (χ2n) is 5.85. The molecule has 2 amide bonds. The van der Waals surface area contributed by atoms with Gasteiger partial charge in [0.1, 0.15) is 0 Å². The highest BCUT2D eigenvalue weighted by molar-refractivity contribution is 6.32. The van der Waals surface area contributed by atoms with Gasteiger partial charge in [-0.05, 0) is 36.4 Å². The van der Waals surface area contributed by atoms with Gasteiger partial charge in [0.05, 0.1) is 5.69 Å². The van der Waals surface area contributed by atoms with Crippen LogP contribution in [0, 0.1) is 0 Å². The van der Waals surface area contributed by atoms with Crippen molar-refractivity contribution in [2.24, 2.45) is 0 Å². The van der Waals surface area contributed by atoms with Crippen LogP contribution in [0.25, 0.3) is 0 Å². The quantitative estimate of drug-likeness (QED) is 0.519. The second-order valence-corrected chi connectivity index (χ2v) is 6.21. The van der Waals surface area contributed by atoms with Gasteiger partial charge in [-0.1, -0.05) is 11.6 Å². The second kappa shape index (κ2) is 8.09. The van der Waals surface area contributed by atoms with Crippen LogP contribution in [-0.2, 0) is 4.79 Å². The zero-order chi connectivity index (χ0) is 22.9. The molecule has 2 rings (SSSR count). The van der Waals surface area contributed by atoms with Crippen LogP contribution in [0.1, 0.15) is 10.4 Å². The van der Waals surface area contributed by atoms with E-state index in [0.717, 1.165) is 24.3 Å². The summed E-state index contributed by atoms with van der Waals surface area (Å²) in [7, 11) is 0.590. The molecular formula is C17H11ClF7N3O2. The first kappa shape index (κ1) is 23.4. The van der Waals surface area contributed by atoms with Crippen molar-refractivity contribution < 1.29 is 40.3 Å². The average Bonchev–Trinajstić information content (AvgIpc) is 2.67. The van der Waals surface area contributed by atoms with Crippen LogP contribution in [0.15, 0.2) is 42.6 Å². The van der Waals surface area contributed by atoms with Crippen molar-refractivity contribution in [3.8, 4) is 0 Å². The molecular weight excluding hydrogens is 447 g/mol. The number of benzene rings is 1. The summed E-state index contributed by atoms with van der Waals surface area (Å²) in [5.41, 5.74) is -0.338. The number of aromatic nitrogens is 1. The minimum absolute atomic E-state index is 0.0133. The standard InChI is InChI=1S/C17H11ClF7N3O2/c1-28(14(30)15(19,20)16(21,22)17(23,24)25)10-6-4-9(5-7-10)13(29)27-11-3-2-8-26-12(11)18/h2-8H,1H3,(H,27,29). The summed E-state index contributed by atoms with van der Waals surface area (Å²) in [6, 6.07) is 6.84. The number of nitrogens with one attached hydrogen (secondary N) is 1. The molecule has 0 unspecified atom stereocenters. The summed E-state index contributed by atoms with van der Waals surface area (Å²) in [5, 5.41) is 2.39. The van der Waals surface area contributed by atoms with E-state index in [-0.39, 0.29) is 21.3 Å². The van der Waals surface area contributed by atoms with Gasteiger partial charge in [0.15, 0.2) is 5.15 Å². The number of hydrogen-bond donors (Lipinski definition) is 1. The van der Waals surface area contributed by atoms with Crippen molar-refractivity contribution in [2.75, 3.05) is 17.3 Å². The third kappa shape index (κ3) is 4.32. The summed E-state index contributed by atoms with van der Waals surface area (Å²) in [4.78, 5) is 27.5. The lowest BCUT2D eigenvalue weighted by molar-refractivity contribution is -0.343. The molecule has 0 aliphatic rings. The number of anilines is 2. The van der Waals surface area contributed by atoms with Crippen LogP contribution in [0.4, 0.5) is 42.1 Å². The first-order chi connectivity index (χ1) is 13.7. The van der Waals surface area contributed by atoms with E-state index in [9.17, 15) is 40.3 Å². The third-order valence-corrected chi connectivity index (χ3v) is 4.15. The molecule has 1 aromatic heterocycles. The lowest BCUT2D eigenvalue weighted by Crippen LogP contribution is -2.59. The summed E-state index contributed by atoms with van der Waals surface area (Å²) >= 11 is 5.79. The molecule has 0 atom stereocenters. The van der Waals surface area contributed by atoms with Crippen molar-refractivity contribution in [3.05, 3.63) is 53.3 Å². The largest absolute Gasteiger partial charge is 0.460 e. The van der Waals surface area contributed by atoms with Gasteiger partial charge in [-0.3, -0.25) is 9.59 Å². The molecule has 0 radical (unpaired) electrons. The van der Waals surface area contributed by atoms with Gasteiger partial charge in [-0.15, -0.1) is 0 Å². The fourth-order valence-corrected chi connectivity index (χ4v) is 2.32. The summed E-state index contributed by atoms with van der Waals surface area (Å²) < 4.78 is 90.0. The molecule has 1 aromatic carbocycles. The average molecular weight is 458 g/mol. The van der Waals surface area contributed by atoms with Crippen molar-refractivity contribution in [2.45, 2.75) is 18.0 Å². The van der Waals surface area contributed by atoms with Gasteiger partial charge in [-0.25, -0.2) is 4.98 Å². The Morgan fingerprint density at radius 1 is 1.00 bits per heavy atom. The number of hydrogen-bond acceptors (Lipinski definition) is 3. The number of nitrogens with zero attached hydrogens (tertiary/aromatic N) is 2. The van der Waals surface area contributed by atoms with Gasteiger partial charge in [0.25, 0.3) is 5.91 Å². The van der Waals surface area contributed by atoms with E-state index in [0.29, 0.717) is 7.05 Å². The van der Waals surface area contributed by atoms with Crippen LogP contribution < -0.4 is 10.2 Å². The third-order valence-electron chi connectivity index (χ3n) is 3.85. The van der Waals surface area contributed by atoms with Gasteiger partial charge >= 0.3 is 23.9 Å². The maximum atomic E-state index is 13.6. The Bertz CT molecular complexity index is 949. The maximum absolute atomic E-state index is 13.6. The van der Waals surface area contributed by atoms with E-state index < -0.39 is 35.5 Å². The predicted molar refractivity (Wildman–Crippen MR) is 93.0 cm³/mol. The summed E-state index contributed by atoms with van der Waals surface area (Å²) in [6.45, 7) is 0. The van der Waals surface area contributed by atoms with Crippen molar-refractivity contribution in [3.63, 3.8) is 0 Å². The fraction of sp³-hybridized carbons (Fsp3) is 0.235. The lowest BCUT2D eigenvalue weighted by Gasteiger charge is -2.30. The molecule has 0 aliphatic heterocycles. The SMILES string of the molecule is CN(C(=O)C(F)(F)C(F)(F)C(F)(F)F)c1ccc(C(=O)Nc2cccnc2Cl)cc1. The zero-order valence-electron chi connectivity index (χ0n) is 14.8. The van der Waals surface area contributed by atoms with E-state index in [2.05, 4.69) is 10.3 Å². The fourth-order valence-electron chi connectivity index (χ4n) is 2.15. The maximum Gasteiger partial charge on any atom is 0.460 e. The van der Waals surface area contributed by atoms with Crippen molar-refractivity contribution in [1.82, 2.24) is 4.98 Å². The molecule has 0 bridgehead atoms. The highest BCUT2D eigenvalue weighted by atomic mass is 35.5. The molecule has 30 heavy (non-hydrogen) atoms. The molecule has 0 aliphatic carbocycles. The number of halogens is 8. The lowest BCUT2D eigenvalue weighted by atomic mass is 10.1. The molecule has 2 aromatic rings. The van der Waals surface area contributed by atoms with Crippen LogP contribution in [0.2, 0.25) is 5.15 Å². The molecule has 0 saturated carbocycles. The molecule has 0 spiro atoms. The van der Waals surface area contributed by atoms with Crippen LogP contribution in [0.5, 0.6) is 0 Å².